The molecule has 0 aliphatic rings. The van der Waals surface area contributed by atoms with Gasteiger partial charge in [0, 0.05) is 11.6 Å². The number of aromatic nitrogens is 1. The first kappa shape index (κ1) is 9.87. The zero-order chi connectivity index (χ0) is 10.5. The molecule has 2 rings (SSSR count). The fourth-order valence-corrected chi connectivity index (χ4v) is 1.58. The number of rotatable bonds is 3. The van der Waals surface area contributed by atoms with Gasteiger partial charge in [-0.1, -0.05) is 30.4 Å². The van der Waals surface area contributed by atoms with Gasteiger partial charge >= 0.3 is 0 Å². The molecule has 0 aliphatic heterocycles. The van der Waals surface area contributed by atoms with Crippen LogP contribution in [0.5, 0.6) is 0 Å². The summed E-state index contributed by atoms with van der Waals surface area (Å²) in [4.78, 5) is 4.31. The van der Waals surface area contributed by atoms with Crippen molar-refractivity contribution in [3.05, 3.63) is 48.2 Å². The van der Waals surface area contributed by atoms with Crippen molar-refractivity contribution in [1.29, 1.82) is 0 Å². The van der Waals surface area contributed by atoms with E-state index in [9.17, 15) is 0 Å². The van der Waals surface area contributed by atoms with Gasteiger partial charge in [0.1, 0.15) is 0 Å². The standard InChI is InChI=1S/C13H14N2/c14-9-2-1-5-11-6-3-8-13-12(11)7-4-10-15-13/h1,3-8,10H,2,9,14H2/b5-1+. The molecular weight excluding hydrogens is 184 g/mol. The summed E-state index contributed by atoms with van der Waals surface area (Å²) in [5.74, 6) is 0. The molecule has 0 amide bonds. The van der Waals surface area contributed by atoms with E-state index in [2.05, 4.69) is 29.3 Å². The van der Waals surface area contributed by atoms with Crippen LogP contribution in [0, 0.1) is 0 Å². The molecule has 2 nitrogen and oxygen atoms in total. The third kappa shape index (κ3) is 2.22. The molecule has 15 heavy (non-hydrogen) atoms. The van der Waals surface area contributed by atoms with Gasteiger partial charge in [-0.25, -0.2) is 0 Å². The molecule has 0 bridgehead atoms. The van der Waals surface area contributed by atoms with Crippen LogP contribution in [0.1, 0.15) is 12.0 Å². The Bertz CT molecular complexity index is 469. The molecule has 0 spiro atoms. The summed E-state index contributed by atoms with van der Waals surface area (Å²) in [7, 11) is 0. The second-order valence-corrected chi connectivity index (χ2v) is 3.40. The van der Waals surface area contributed by atoms with Crippen molar-refractivity contribution in [2.75, 3.05) is 6.54 Å². The fourth-order valence-electron chi connectivity index (χ4n) is 1.58. The molecule has 76 valence electrons. The topological polar surface area (TPSA) is 38.9 Å². The highest BCUT2D eigenvalue weighted by Crippen LogP contribution is 2.17. The van der Waals surface area contributed by atoms with Crippen LogP contribution in [0.25, 0.3) is 17.0 Å². The minimum atomic E-state index is 0.694. The first-order valence-corrected chi connectivity index (χ1v) is 5.12. The Labute approximate surface area is 89.4 Å². The first-order chi connectivity index (χ1) is 7.42. The van der Waals surface area contributed by atoms with Gasteiger partial charge in [0.15, 0.2) is 0 Å². The van der Waals surface area contributed by atoms with E-state index in [0.717, 1.165) is 11.9 Å². The SMILES string of the molecule is NCC/C=C/c1cccc2ncccc12. The lowest BCUT2D eigenvalue weighted by molar-refractivity contribution is 1.01. The Hall–Kier alpha value is -1.67. The van der Waals surface area contributed by atoms with E-state index in [-0.39, 0.29) is 0 Å². The van der Waals surface area contributed by atoms with Crippen LogP contribution in [0.2, 0.25) is 0 Å². The number of benzene rings is 1. The van der Waals surface area contributed by atoms with Crippen molar-refractivity contribution in [2.24, 2.45) is 5.73 Å². The van der Waals surface area contributed by atoms with E-state index in [4.69, 9.17) is 5.73 Å². The molecular formula is C13H14N2. The lowest BCUT2D eigenvalue weighted by Gasteiger charge is -2.00. The lowest BCUT2D eigenvalue weighted by Crippen LogP contribution is -1.95. The summed E-state index contributed by atoms with van der Waals surface area (Å²) in [5.41, 5.74) is 7.68. The molecule has 0 atom stereocenters. The maximum atomic E-state index is 5.44. The number of hydrogen-bond acceptors (Lipinski definition) is 2. The Morgan fingerprint density at radius 1 is 1.20 bits per heavy atom. The van der Waals surface area contributed by atoms with Crippen LogP contribution in [0.3, 0.4) is 0 Å². The van der Waals surface area contributed by atoms with Gasteiger partial charge in [0.2, 0.25) is 0 Å². The van der Waals surface area contributed by atoms with Crippen LogP contribution in [0.15, 0.2) is 42.6 Å². The van der Waals surface area contributed by atoms with Crippen LogP contribution < -0.4 is 5.73 Å². The van der Waals surface area contributed by atoms with E-state index in [1.54, 1.807) is 0 Å². The van der Waals surface area contributed by atoms with Crippen molar-refractivity contribution in [1.82, 2.24) is 4.98 Å². The number of nitrogens with zero attached hydrogens (tertiary/aromatic N) is 1. The van der Waals surface area contributed by atoms with Gasteiger partial charge in [-0.3, -0.25) is 4.98 Å². The third-order valence-electron chi connectivity index (χ3n) is 2.31. The van der Waals surface area contributed by atoms with E-state index >= 15 is 0 Å². The minimum Gasteiger partial charge on any atom is -0.330 e. The summed E-state index contributed by atoms with van der Waals surface area (Å²) < 4.78 is 0. The minimum absolute atomic E-state index is 0.694. The molecule has 1 aromatic heterocycles. The highest BCUT2D eigenvalue weighted by atomic mass is 14.6. The third-order valence-corrected chi connectivity index (χ3v) is 2.31. The molecule has 2 heteroatoms. The van der Waals surface area contributed by atoms with Crippen molar-refractivity contribution in [2.45, 2.75) is 6.42 Å². The number of fused-ring (bicyclic) bond motifs is 1. The predicted octanol–water partition coefficient (Wildman–Crippen LogP) is 2.60. The second-order valence-electron chi connectivity index (χ2n) is 3.40. The summed E-state index contributed by atoms with van der Waals surface area (Å²) in [6.45, 7) is 0.694. The van der Waals surface area contributed by atoms with Crippen LogP contribution in [-0.4, -0.2) is 11.5 Å². The molecule has 0 aliphatic carbocycles. The van der Waals surface area contributed by atoms with Crippen LogP contribution in [0.4, 0.5) is 0 Å². The maximum absolute atomic E-state index is 5.44. The summed E-state index contributed by atoms with van der Waals surface area (Å²) in [6, 6.07) is 10.2. The number of nitrogens with two attached hydrogens (primary N) is 1. The molecule has 1 aromatic carbocycles. The van der Waals surface area contributed by atoms with Crippen molar-refractivity contribution in [3.8, 4) is 0 Å². The summed E-state index contributed by atoms with van der Waals surface area (Å²) in [5, 5.41) is 1.19. The first-order valence-electron chi connectivity index (χ1n) is 5.12. The molecule has 0 saturated heterocycles. The predicted molar refractivity (Wildman–Crippen MR) is 64.4 cm³/mol. The summed E-state index contributed by atoms with van der Waals surface area (Å²) >= 11 is 0. The highest BCUT2D eigenvalue weighted by Gasteiger charge is 1.96. The zero-order valence-electron chi connectivity index (χ0n) is 8.56. The maximum Gasteiger partial charge on any atom is 0.0707 e. The van der Waals surface area contributed by atoms with Crippen LogP contribution in [-0.2, 0) is 0 Å². The zero-order valence-corrected chi connectivity index (χ0v) is 8.56. The molecule has 2 N–H and O–H groups in total. The van der Waals surface area contributed by atoms with Gasteiger partial charge in [0.25, 0.3) is 0 Å². The number of pyridine rings is 1. The molecule has 2 aromatic rings. The van der Waals surface area contributed by atoms with Gasteiger partial charge in [0.05, 0.1) is 5.52 Å². The Balaban J connectivity index is 2.42. The average molecular weight is 198 g/mol. The number of hydrogen-bond donors (Lipinski definition) is 1. The van der Waals surface area contributed by atoms with E-state index in [1.807, 2.05) is 24.4 Å². The molecule has 0 fully saturated rings. The van der Waals surface area contributed by atoms with Crippen molar-refractivity contribution >= 4 is 17.0 Å². The quantitative estimate of drug-likeness (QED) is 0.823. The average Bonchev–Trinajstić information content (AvgIpc) is 2.30. The van der Waals surface area contributed by atoms with Crippen molar-refractivity contribution in [3.63, 3.8) is 0 Å². The summed E-state index contributed by atoms with van der Waals surface area (Å²) in [6.07, 6.45) is 6.94. The van der Waals surface area contributed by atoms with Crippen LogP contribution >= 0.6 is 0 Å². The second kappa shape index (κ2) is 4.71. The van der Waals surface area contributed by atoms with E-state index in [0.29, 0.717) is 6.54 Å². The Morgan fingerprint density at radius 2 is 2.13 bits per heavy atom. The fraction of sp³-hybridized carbons (Fsp3) is 0.154. The smallest absolute Gasteiger partial charge is 0.0707 e. The monoisotopic (exact) mass is 198 g/mol. The Morgan fingerprint density at radius 3 is 3.00 bits per heavy atom. The molecule has 0 unspecified atom stereocenters. The lowest BCUT2D eigenvalue weighted by atomic mass is 10.1. The largest absolute Gasteiger partial charge is 0.330 e. The highest BCUT2D eigenvalue weighted by molar-refractivity contribution is 5.87. The van der Waals surface area contributed by atoms with Gasteiger partial charge in [-0.2, -0.15) is 0 Å². The molecule has 0 radical (unpaired) electrons. The van der Waals surface area contributed by atoms with Gasteiger partial charge in [-0.05, 0) is 30.7 Å². The van der Waals surface area contributed by atoms with Gasteiger partial charge < -0.3 is 5.73 Å². The van der Waals surface area contributed by atoms with Gasteiger partial charge in [-0.15, -0.1) is 0 Å². The molecule has 0 saturated carbocycles. The van der Waals surface area contributed by atoms with E-state index in [1.165, 1.54) is 10.9 Å². The Kier molecular flexibility index (Phi) is 3.10. The van der Waals surface area contributed by atoms with E-state index < -0.39 is 0 Å². The van der Waals surface area contributed by atoms with Crippen molar-refractivity contribution < 1.29 is 0 Å². The normalized spacial score (nSPS) is 11.3. The molecule has 1 heterocycles.